The van der Waals surface area contributed by atoms with E-state index in [1.165, 1.54) is 0 Å². The van der Waals surface area contributed by atoms with Gasteiger partial charge in [0.15, 0.2) is 0 Å². The van der Waals surface area contributed by atoms with Crippen molar-refractivity contribution in [1.29, 1.82) is 0 Å². The molecule has 0 radical (unpaired) electrons. The molecule has 0 atom stereocenters. The van der Waals surface area contributed by atoms with Crippen LogP contribution < -0.4 is 5.32 Å². The number of phenolic OH excluding ortho intramolecular Hbond substituents is 1. The Hall–Kier alpha value is -0.820. The molecule has 0 bridgehead atoms. The minimum Gasteiger partial charge on any atom is -0.508 e. The lowest BCUT2D eigenvalue weighted by molar-refractivity contribution is 0.465. The first-order valence-electron chi connectivity index (χ1n) is 4.94. The molecule has 0 saturated carbocycles. The second kappa shape index (κ2) is 7.45. The van der Waals surface area contributed by atoms with Crippen LogP contribution in [-0.2, 0) is 6.54 Å². The van der Waals surface area contributed by atoms with E-state index < -0.39 is 0 Å². The Morgan fingerprint density at radius 3 is 3.00 bits per heavy atom. The summed E-state index contributed by atoms with van der Waals surface area (Å²) < 4.78 is 0. The second-order valence-electron chi connectivity index (χ2n) is 3.17. The molecule has 0 unspecified atom stereocenters. The van der Waals surface area contributed by atoms with E-state index in [-0.39, 0.29) is 5.75 Å². The van der Waals surface area contributed by atoms with Crippen molar-refractivity contribution in [3.05, 3.63) is 28.8 Å². The van der Waals surface area contributed by atoms with Gasteiger partial charge in [-0.3, -0.25) is 0 Å². The summed E-state index contributed by atoms with van der Waals surface area (Å²) in [4.78, 5) is 0. The molecule has 0 fully saturated rings. The van der Waals surface area contributed by atoms with Crippen molar-refractivity contribution in [2.45, 2.75) is 6.54 Å². The lowest BCUT2D eigenvalue weighted by Crippen LogP contribution is -2.17. The molecule has 0 aliphatic heterocycles. The van der Waals surface area contributed by atoms with E-state index >= 15 is 0 Å². The zero-order chi connectivity index (χ0) is 11.8. The summed E-state index contributed by atoms with van der Waals surface area (Å²) in [6, 6.07) is 5.13. The van der Waals surface area contributed by atoms with Crippen LogP contribution in [0, 0.1) is 12.3 Å². The predicted molar refractivity (Wildman–Crippen MR) is 71.0 cm³/mol. The second-order valence-corrected chi connectivity index (χ2v) is 4.68. The number of aromatic hydroxyl groups is 1. The third-order valence-electron chi connectivity index (χ3n) is 2.00. The van der Waals surface area contributed by atoms with Crippen molar-refractivity contribution in [1.82, 2.24) is 5.32 Å². The molecule has 0 saturated heterocycles. The highest BCUT2D eigenvalue weighted by Crippen LogP contribution is 2.24. The van der Waals surface area contributed by atoms with Crippen LogP contribution in [0.5, 0.6) is 5.75 Å². The number of halogens is 1. The van der Waals surface area contributed by atoms with E-state index in [1.807, 2.05) is 0 Å². The highest BCUT2D eigenvalue weighted by atomic mass is 35.5. The van der Waals surface area contributed by atoms with Gasteiger partial charge in [-0.15, -0.1) is 18.2 Å². The summed E-state index contributed by atoms with van der Waals surface area (Å²) in [6.45, 7) is 1.42. The molecule has 1 aromatic rings. The van der Waals surface area contributed by atoms with E-state index in [9.17, 15) is 5.11 Å². The number of rotatable bonds is 6. The first-order valence-corrected chi connectivity index (χ1v) is 6.47. The zero-order valence-corrected chi connectivity index (χ0v) is 10.4. The average molecular weight is 256 g/mol. The van der Waals surface area contributed by atoms with Crippen LogP contribution in [0.1, 0.15) is 5.56 Å². The standard InChI is InChI=1S/C12H14ClNOS/c1-2-7-16-8-6-14-9-10-11(13)4-3-5-12(10)15/h1,3-5,14-15H,6-9H2. The summed E-state index contributed by atoms with van der Waals surface area (Å²) in [5.41, 5.74) is 0.742. The monoisotopic (exact) mass is 255 g/mol. The zero-order valence-electron chi connectivity index (χ0n) is 8.87. The topological polar surface area (TPSA) is 32.3 Å². The van der Waals surface area contributed by atoms with Gasteiger partial charge in [0, 0.05) is 29.4 Å². The fourth-order valence-electron chi connectivity index (χ4n) is 1.21. The van der Waals surface area contributed by atoms with Crippen LogP contribution in [0.4, 0.5) is 0 Å². The van der Waals surface area contributed by atoms with Crippen molar-refractivity contribution in [3.8, 4) is 18.1 Å². The summed E-state index contributed by atoms with van der Waals surface area (Å²) in [7, 11) is 0. The summed E-state index contributed by atoms with van der Waals surface area (Å²) in [5, 5.41) is 13.4. The van der Waals surface area contributed by atoms with Gasteiger partial charge in [-0.2, -0.15) is 0 Å². The summed E-state index contributed by atoms with van der Waals surface area (Å²) in [6.07, 6.45) is 5.13. The van der Waals surface area contributed by atoms with Crippen LogP contribution in [0.2, 0.25) is 5.02 Å². The van der Waals surface area contributed by atoms with Gasteiger partial charge in [-0.1, -0.05) is 23.6 Å². The van der Waals surface area contributed by atoms with Crippen LogP contribution in [0.3, 0.4) is 0 Å². The van der Waals surface area contributed by atoms with Gasteiger partial charge >= 0.3 is 0 Å². The Bertz CT molecular complexity index is 356. The van der Waals surface area contributed by atoms with Crippen molar-refractivity contribution in [3.63, 3.8) is 0 Å². The molecule has 2 nitrogen and oxygen atoms in total. The van der Waals surface area contributed by atoms with Gasteiger partial charge in [0.1, 0.15) is 5.75 Å². The smallest absolute Gasteiger partial charge is 0.121 e. The lowest BCUT2D eigenvalue weighted by Gasteiger charge is -2.08. The SMILES string of the molecule is C#CCSCCNCc1c(O)cccc1Cl. The average Bonchev–Trinajstić information content (AvgIpc) is 2.26. The largest absolute Gasteiger partial charge is 0.508 e. The molecule has 1 rings (SSSR count). The van der Waals surface area contributed by atoms with Crippen molar-refractivity contribution in [2.75, 3.05) is 18.1 Å². The molecule has 4 heteroatoms. The number of phenols is 1. The van der Waals surface area contributed by atoms with Gasteiger partial charge in [0.25, 0.3) is 0 Å². The maximum absolute atomic E-state index is 9.58. The van der Waals surface area contributed by atoms with Gasteiger partial charge in [-0.05, 0) is 12.1 Å². The normalized spacial score (nSPS) is 10.0. The van der Waals surface area contributed by atoms with Gasteiger partial charge in [0.2, 0.25) is 0 Å². The fourth-order valence-corrected chi connectivity index (χ4v) is 2.00. The third kappa shape index (κ3) is 4.36. The Morgan fingerprint density at radius 2 is 2.31 bits per heavy atom. The summed E-state index contributed by atoms with van der Waals surface area (Å²) >= 11 is 7.66. The lowest BCUT2D eigenvalue weighted by atomic mass is 10.2. The van der Waals surface area contributed by atoms with Crippen molar-refractivity contribution in [2.24, 2.45) is 0 Å². The first-order chi connectivity index (χ1) is 7.75. The van der Waals surface area contributed by atoms with E-state index in [0.717, 1.165) is 23.6 Å². The van der Waals surface area contributed by atoms with E-state index in [2.05, 4.69) is 11.2 Å². The highest BCUT2D eigenvalue weighted by Gasteiger charge is 2.04. The first kappa shape index (κ1) is 13.2. The van der Waals surface area contributed by atoms with Crippen LogP contribution in [0.25, 0.3) is 0 Å². The Labute approximate surface area is 105 Å². The van der Waals surface area contributed by atoms with Crippen molar-refractivity contribution < 1.29 is 5.11 Å². The predicted octanol–water partition coefficient (Wildman–Crippen LogP) is 2.50. The van der Waals surface area contributed by atoms with E-state index in [0.29, 0.717) is 11.6 Å². The molecule has 2 N–H and O–H groups in total. The third-order valence-corrected chi connectivity index (χ3v) is 3.22. The number of terminal acetylenes is 1. The number of benzene rings is 1. The maximum Gasteiger partial charge on any atom is 0.121 e. The molecule has 16 heavy (non-hydrogen) atoms. The molecule has 1 aromatic carbocycles. The molecule has 0 heterocycles. The number of nitrogens with one attached hydrogen (secondary N) is 1. The quantitative estimate of drug-likeness (QED) is 0.605. The number of thioether (sulfide) groups is 1. The molecule has 0 aliphatic rings. The fraction of sp³-hybridized carbons (Fsp3) is 0.333. The molecule has 0 spiro atoms. The van der Waals surface area contributed by atoms with Crippen molar-refractivity contribution >= 4 is 23.4 Å². The van der Waals surface area contributed by atoms with E-state index in [4.69, 9.17) is 18.0 Å². The number of hydrogen-bond acceptors (Lipinski definition) is 3. The summed E-state index contributed by atoms with van der Waals surface area (Å²) in [5.74, 6) is 4.49. The maximum atomic E-state index is 9.58. The minimum atomic E-state index is 0.233. The van der Waals surface area contributed by atoms with Gasteiger partial charge in [0.05, 0.1) is 5.75 Å². The van der Waals surface area contributed by atoms with Gasteiger partial charge < -0.3 is 10.4 Å². The molecular weight excluding hydrogens is 242 g/mol. The Morgan fingerprint density at radius 1 is 1.50 bits per heavy atom. The molecule has 86 valence electrons. The highest BCUT2D eigenvalue weighted by molar-refractivity contribution is 7.99. The molecule has 0 aromatic heterocycles. The van der Waals surface area contributed by atoms with Gasteiger partial charge in [-0.25, -0.2) is 0 Å². The Kier molecular flexibility index (Phi) is 6.17. The molecule has 0 amide bonds. The van der Waals surface area contributed by atoms with Crippen LogP contribution in [-0.4, -0.2) is 23.2 Å². The van der Waals surface area contributed by atoms with E-state index in [1.54, 1.807) is 30.0 Å². The van der Waals surface area contributed by atoms with Crippen LogP contribution >= 0.6 is 23.4 Å². The number of hydrogen-bond donors (Lipinski definition) is 2. The molecule has 0 aliphatic carbocycles. The minimum absolute atomic E-state index is 0.233. The van der Waals surface area contributed by atoms with Crippen LogP contribution in [0.15, 0.2) is 18.2 Å². The Balaban J connectivity index is 2.30. The molecular formula is C12H14ClNOS.